The van der Waals surface area contributed by atoms with Crippen LogP contribution in [0.15, 0.2) is 18.2 Å². The molecule has 3 nitrogen and oxygen atoms in total. The van der Waals surface area contributed by atoms with Crippen LogP contribution >= 0.6 is 0 Å². The zero-order chi connectivity index (χ0) is 13.0. The quantitative estimate of drug-likeness (QED) is 0.861. The van der Waals surface area contributed by atoms with Gasteiger partial charge in [-0.2, -0.15) is 0 Å². The minimum Gasteiger partial charge on any atom is -0.396 e. The highest BCUT2D eigenvalue weighted by Gasteiger charge is 2.21. The molecular formula is C14H20FNO2. The number of rotatable bonds is 4. The summed E-state index contributed by atoms with van der Waals surface area (Å²) in [5.74, 6) is 0.173. The molecule has 0 radical (unpaired) electrons. The Bertz CT molecular complexity index is 395. The van der Waals surface area contributed by atoms with Crippen molar-refractivity contribution < 1.29 is 14.6 Å². The fourth-order valence-corrected chi connectivity index (χ4v) is 2.61. The first-order valence-corrected chi connectivity index (χ1v) is 6.49. The van der Waals surface area contributed by atoms with E-state index in [1.165, 1.54) is 6.07 Å². The van der Waals surface area contributed by atoms with E-state index in [2.05, 4.69) is 0 Å². The molecule has 4 heteroatoms. The molecule has 1 fully saturated rings. The minimum absolute atomic E-state index is 0.135. The molecule has 100 valence electrons. The van der Waals surface area contributed by atoms with Crippen LogP contribution in [-0.2, 0) is 6.61 Å². The number of hydrogen-bond donors (Lipinski definition) is 2. The highest BCUT2D eigenvalue weighted by Crippen LogP contribution is 2.27. The van der Waals surface area contributed by atoms with Gasteiger partial charge in [0, 0.05) is 19.7 Å². The van der Waals surface area contributed by atoms with Gasteiger partial charge in [0.2, 0.25) is 0 Å². The molecule has 0 bridgehead atoms. The molecule has 2 N–H and O–H groups in total. The van der Waals surface area contributed by atoms with E-state index >= 15 is 0 Å². The molecule has 1 atom stereocenters. The number of nitrogens with zero attached hydrogens (tertiary/aromatic N) is 1. The third-order valence-corrected chi connectivity index (χ3v) is 3.59. The lowest BCUT2D eigenvalue weighted by Gasteiger charge is -2.34. The first-order chi connectivity index (χ1) is 8.74. The summed E-state index contributed by atoms with van der Waals surface area (Å²) in [6.07, 6.45) is 2.92. The van der Waals surface area contributed by atoms with Crippen molar-refractivity contribution in [3.05, 3.63) is 29.6 Å². The summed E-state index contributed by atoms with van der Waals surface area (Å²) in [6.45, 7) is 1.72. The Hall–Kier alpha value is -1.13. The number of aliphatic hydroxyl groups excluding tert-OH is 2. The summed E-state index contributed by atoms with van der Waals surface area (Å²) in [4.78, 5) is 2.04. The monoisotopic (exact) mass is 253 g/mol. The van der Waals surface area contributed by atoms with E-state index in [9.17, 15) is 4.39 Å². The number of piperidine rings is 1. The Balaban J connectivity index is 2.10. The Morgan fingerprint density at radius 2 is 2.17 bits per heavy atom. The molecule has 1 aliphatic heterocycles. The van der Waals surface area contributed by atoms with Crippen LogP contribution in [0.2, 0.25) is 0 Å². The second kappa shape index (κ2) is 6.16. The van der Waals surface area contributed by atoms with Crippen molar-refractivity contribution in [1.82, 2.24) is 0 Å². The van der Waals surface area contributed by atoms with E-state index in [1.807, 2.05) is 4.90 Å². The highest BCUT2D eigenvalue weighted by molar-refractivity contribution is 5.49. The molecule has 1 unspecified atom stereocenters. The van der Waals surface area contributed by atoms with Crippen molar-refractivity contribution in [2.45, 2.75) is 25.9 Å². The normalized spacial score (nSPS) is 20.2. The molecule has 1 heterocycles. The Labute approximate surface area is 107 Å². The van der Waals surface area contributed by atoms with Crippen LogP contribution in [0.3, 0.4) is 0 Å². The number of anilines is 1. The predicted octanol–water partition coefficient (Wildman–Crippen LogP) is 1.92. The lowest BCUT2D eigenvalue weighted by atomic mass is 9.94. The first kappa shape index (κ1) is 13.3. The van der Waals surface area contributed by atoms with Crippen LogP contribution in [0.1, 0.15) is 24.8 Å². The third-order valence-electron chi connectivity index (χ3n) is 3.59. The van der Waals surface area contributed by atoms with E-state index in [0.717, 1.165) is 32.4 Å². The summed E-state index contributed by atoms with van der Waals surface area (Å²) in [5.41, 5.74) is 1.20. The first-order valence-electron chi connectivity index (χ1n) is 6.49. The standard InChI is InChI=1S/C14H20FNO2/c15-13-8-12(10-18)3-4-14(13)16-6-1-2-11(9-16)5-7-17/h3-4,8,11,17-18H,1-2,5-7,9-10H2. The molecule has 18 heavy (non-hydrogen) atoms. The second-order valence-electron chi connectivity index (χ2n) is 4.91. The van der Waals surface area contributed by atoms with E-state index in [4.69, 9.17) is 10.2 Å². The maximum absolute atomic E-state index is 13.9. The van der Waals surface area contributed by atoms with Crippen LogP contribution in [-0.4, -0.2) is 29.9 Å². The number of halogens is 1. The zero-order valence-corrected chi connectivity index (χ0v) is 10.5. The average molecular weight is 253 g/mol. The van der Waals surface area contributed by atoms with Gasteiger partial charge in [-0.1, -0.05) is 6.07 Å². The summed E-state index contributed by atoms with van der Waals surface area (Å²) in [5, 5.41) is 17.9. The molecule has 0 aliphatic carbocycles. The summed E-state index contributed by atoms with van der Waals surface area (Å²) >= 11 is 0. The smallest absolute Gasteiger partial charge is 0.146 e. The van der Waals surface area contributed by atoms with Gasteiger partial charge in [0.15, 0.2) is 0 Å². The van der Waals surface area contributed by atoms with Crippen molar-refractivity contribution in [1.29, 1.82) is 0 Å². The van der Waals surface area contributed by atoms with E-state index < -0.39 is 0 Å². The van der Waals surface area contributed by atoms with Crippen LogP contribution in [0, 0.1) is 11.7 Å². The van der Waals surface area contributed by atoms with Gasteiger partial charge in [0.05, 0.1) is 12.3 Å². The molecule has 0 saturated carbocycles. The fraction of sp³-hybridized carbons (Fsp3) is 0.571. The second-order valence-corrected chi connectivity index (χ2v) is 4.91. The predicted molar refractivity (Wildman–Crippen MR) is 69.0 cm³/mol. The van der Waals surface area contributed by atoms with Gasteiger partial charge in [-0.15, -0.1) is 0 Å². The molecule has 1 aromatic carbocycles. The lowest BCUT2D eigenvalue weighted by molar-refractivity contribution is 0.244. The minimum atomic E-state index is -0.272. The molecular weight excluding hydrogens is 233 g/mol. The van der Waals surface area contributed by atoms with Gasteiger partial charge in [-0.3, -0.25) is 0 Å². The van der Waals surface area contributed by atoms with Crippen LogP contribution in [0.4, 0.5) is 10.1 Å². The molecule has 0 amide bonds. The molecule has 1 aromatic rings. The third kappa shape index (κ3) is 3.00. The fourth-order valence-electron chi connectivity index (χ4n) is 2.61. The highest BCUT2D eigenvalue weighted by atomic mass is 19.1. The largest absolute Gasteiger partial charge is 0.396 e. The van der Waals surface area contributed by atoms with Crippen molar-refractivity contribution in [2.75, 3.05) is 24.6 Å². The van der Waals surface area contributed by atoms with Crippen LogP contribution < -0.4 is 4.90 Å². The Morgan fingerprint density at radius 1 is 1.33 bits per heavy atom. The van der Waals surface area contributed by atoms with E-state index in [0.29, 0.717) is 17.2 Å². The molecule has 0 aromatic heterocycles. The molecule has 1 aliphatic rings. The Kier molecular flexibility index (Phi) is 4.55. The molecule has 0 spiro atoms. The SMILES string of the molecule is OCCC1CCCN(c2ccc(CO)cc2F)C1. The molecule has 2 rings (SSSR count). The summed E-state index contributed by atoms with van der Waals surface area (Å²) in [7, 11) is 0. The van der Waals surface area contributed by atoms with Crippen LogP contribution in [0.5, 0.6) is 0 Å². The van der Waals surface area contributed by atoms with E-state index in [-0.39, 0.29) is 19.0 Å². The van der Waals surface area contributed by atoms with Crippen molar-refractivity contribution in [2.24, 2.45) is 5.92 Å². The topological polar surface area (TPSA) is 43.7 Å². The number of hydrogen-bond acceptors (Lipinski definition) is 3. The van der Waals surface area contributed by atoms with Gasteiger partial charge in [0.25, 0.3) is 0 Å². The van der Waals surface area contributed by atoms with E-state index in [1.54, 1.807) is 12.1 Å². The average Bonchev–Trinajstić information content (AvgIpc) is 2.39. The van der Waals surface area contributed by atoms with Gasteiger partial charge in [-0.25, -0.2) is 4.39 Å². The maximum atomic E-state index is 13.9. The number of aliphatic hydroxyl groups is 2. The van der Waals surface area contributed by atoms with Crippen LogP contribution in [0.25, 0.3) is 0 Å². The number of benzene rings is 1. The van der Waals surface area contributed by atoms with Crippen molar-refractivity contribution >= 4 is 5.69 Å². The van der Waals surface area contributed by atoms with Gasteiger partial charge < -0.3 is 15.1 Å². The van der Waals surface area contributed by atoms with Crippen molar-refractivity contribution in [3.8, 4) is 0 Å². The Morgan fingerprint density at radius 3 is 2.83 bits per heavy atom. The maximum Gasteiger partial charge on any atom is 0.146 e. The summed E-state index contributed by atoms with van der Waals surface area (Å²) in [6, 6.07) is 4.89. The zero-order valence-electron chi connectivity index (χ0n) is 10.5. The lowest BCUT2D eigenvalue weighted by Crippen LogP contribution is -2.36. The summed E-state index contributed by atoms with van der Waals surface area (Å²) < 4.78 is 13.9. The van der Waals surface area contributed by atoms with Crippen molar-refractivity contribution in [3.63, 3.8) is 0 Å². The van der Waals surface area contributed by atoms with Gasteiger partial charge in [0.1, 0.15) is 5.82 Å². The molecule has 1 saturated heterocycles. The van der Waals surface area contributed by atoms with Gasteiger partial charge >= 0.3 is 0 Å². The van der Waals surface area contributed by atoms with Gasteiger partial charge in [-0.05, 0) is 42.9 Å².